The highest BCUT2D eigenvalue weighted by Crippen LogP contribution is 2.15. The lowest BCUT2D eigenvalue weighted by Crippen LogP contribution is -2.47. The van der Waals surface area contributed by atoms with Gasteiger partial charge in [-0.1, -0.05) is 6.07 Å². The minimum atomic E-state index is -0.365. The second-order valence-corrected chi connectivity index (χ2v) is 6.57. The monoisotopic (exact) mass is 372 g/mol. The number of rotatable bonds is 6. The van der Waals surface area contributed by atoms with Gasteiger partial charge in [0.15, 0.2) is 0 Å². The summed E-state index contributed by atoms with van der Waals surface area (Å²) in [4.78, 5) is 25.1. The number of hydrogen-bond donors (Lipinski definition) is 2. The number of amides is 2. The molecule has 1 aromatic carbocycles. The Hall–Kier alpha value is -2.74. The molecule has 8 heteroatoms. The second kappa shape index (κ2) is 9.27. The average molecular weight is 372 g/mol. The molecule has 1 aliphatic rings. The number of hydrogen-bond acceptors (Lipinski definition) is 5. The molecule has 2 N–H and O–H groups in total. The standard InChI is InChI=1S/C19H25FN6O/c1-15-4-5-16(20)14-17(15)24-19(27)23-8-3-9-25-10-12-26(13-11-25)18-21-6-2-7-22-18/h2,4-7,14H,3,8-13H2,1H3,(H2,23,24,27). The predicted molar refractivity (Wildman–Crippen MR) is 103 cm³/mol. The van der Waals surface area contributed by atoms with Crippen LogP contribution in [0.1, 0.15) is 12.0 Å². The molecule has 1 saturated heterocycles. The van der Waals surface area contributed by atoms with Crippen molar-refractivity contribution in [1.29, 1.82) is 0 Å². The van der Waals surface area contributed by atoms with Gasteiger partial charge in [0.1, 0.15) is 5.82 Å². The number of nitrogens with one attached hydrogen (secondary N) is 2. The van der Waals surface area contributed by atoms with Crippen molar-refractivity contribution in [3.8, 4) is 0 Å². The van der Waals surface area contributed by atoms with E-state index in [0.717, 1.165) is 50.7 Å². The minimum Gasteiger partial charge on any atom is -0.338 e. The Balaban J connectivity index is 1.32. The number of aryl methyl sites for hydroxylation is 1. The van der Waals surface area contributed by atoms with Gasteiger partial charge in [0.05, 0.1) is 0 Å². The van der Waals surface area contributed by atoms with Crippen LogP contribution in [0.4, 0.5) is 20.8 Å². The quantitative estimate of drug-likeness (QED) is 0.761. The molecular formula is C19H25FN6O. The maximum atomic E-state index is 13.3. The van der Waals surface area contributed by atoms with E-state index in [1.807, 2.05) is 13.0 Å². The molecule has 7 nitrogen and oxygen atoms in total. The largest absolute Gasteiger partial charge is 0.338 e. The molecule has 1 fully saturated rings. The summed E-state index contributed by atoms with van der Waals surface area (Å²) in [5.41, 5.74) is 1.32. The van der Waals surface area contributed by atoms with Crippen LogP contribution in [0.15, 0.2) is 36.7 Å². The highest BCUT2D eigenvalue weighted by Gasteiger charge is 2.18. The van der Waals surface area contributed by atoms with Gasteiger partial charge in [-0.3, -0.25) is 4.90 Å². The molecule has 1 aliphatic heterocycles. The molecule has 0 bridgehead atoms. The summed E-state index contributed by atoms with van der Waals surface area (Å²) in [6, 6.07) is 5.85. The first-order chi connectivity index (χ1) is 13.1. The number of urea groups is 1. The van der Waals surface area contributed by atoms with E-state index >= 15 is 0 Å². The summed E-state index contributed by atoms with van der Waals surface area (Å²) in [7, 11) is 0. The maximum absolute atomic E-state index is 13.3. The van der Waals surface area contributed by atoms with Gasteiger partial charge in [0.25, 0.3) is 0 Å². The number of carbonyl (C=O) groups excluding carboxylic acids is 1. The molecule has 1 aromatic heterocycles. The van der Waals surface area contributed by atoms with Crippen molar-refractivity contribution < 1.29 is 9.18 Å². The summed E-state index contributed by atoms with van der Waals surface area (Å²) in [5, 5.41) is 5.51. The summed E-state index contributed by atoms with van der Waals surface area (Å²) >= 11 is 0. The van der Waals surface area contributed by atoms with Crippen LogP contribution >= 0.6 is 0 Å². The molecule has 0 unspecified atom stereocenters. The fraction of sp³-hybridized carbons (Fsp3) is 0.421. The van der Waals surface area contributed by atoms with Crippen molar-refractivity contribution in [2.45, 2.75) is 13.3 Å². The van der Waals surface area contributed by atoms with E-state index in [1.165, 1.54) is 12.1 Å². The first-order valence-electron chi connectivity index (χ1n) is 9.17. The zero-order chi connectivity index (χ0) is 19.1. The van der Waals surface area contributed by atoms with Crippen LogP contribution in [0.3, 0.4) is 0 Å². The van der Waals surface area contributed by atoms with Gasteiger partial charge < -0.3 is 15.5 Å². The fourth-order valence-electron chi connectivity index (χ4n) is 3.03. The van der Waals surface area contributed by atoms with Gasteiger partial charge in [-0.2, -0.15) is 0 Å². The smallest absolute Gasteiger partial charge is 0.319 e. The molecule has 0 atom stereocenters. The number of aromatic nitrogens is 2. The SMILES string of the molecule is Cc1ccc(F)cc1NC(=O)NCCCN1CCN(c2ncccn2)CC1. The Kier molecular flexibility index (Phi) is 6.54. The lowest BCUT2D eigenvalue weighted by molar-refractivity contribution is 0.244. The molecule has 27 heavy (non-hydrogen) atoms. The molecule has 0 aliphatic carbocycles. The Morgan fingerprint density at radius 3 is 2.67 bits per heavy atom. The number of anilines is 2. The zero-order valence-electron chi connectivity index (χ0n) is 15.5. The van der Waals surface area contributed by atoms with Crippen LogP contribution in [-0.2, 0) is 0 Å². The summed E-state index contributed by atoms with van der Waals surface area (Å²) in [6.07, 6.45) is 4.38. The molecule has 0 radical (unpaired) electrons. The molecule has 0 saturated carbocycles. The Bertz CT molecular complexity index is 749. The van der Waals surface area contributed by atoms with Gasteiger partial charge in [-0.05, 0) is 43.7 Å². The minimum absolute atomic E-state index is 0.310. The highest BCUT2D eigenvalue weighted by atomic mass is 19.1. The van der Waals surface area contributed by atoms with Gasteiger partial charge in [-0.25, -0.2) is 19.2 Å². The van der Waals surface area contributed by atoms with E-state index in [4.69, 9.17) is 0 Å². The highest BCUT2D eigenvalue weighted by molar-refractivity contribution is 5.89. The van der Waals surface area contributed by atoms with Crippen molar-refractivity contribution in [2.24, 2.45) is 0 Å². The molecular weight excluding hydrogens is 347 g/mol. The topological polar surface area (TPSA) is 73.4 Å². The lowest BCUT2D eigenvalue weighted by Gasteiger charge is -2.34. The number of carbonyl (C=O) groups is 1. The maximum Gasteiger partial charge on any atom is 0.319 e. The van der Waals surface area contributed by atoms with Crippen LogP contribution in [-0.4, -0.2) is 60.2 Å². The summed E-state index contributed by atoms with van der Waals surface area (Å²) < 4.78 is 13.3. The Morgan fingerprint density at radius 1 is 1.19 bits per heavy atom. The Morgan fingerprint density at radius 2 is 1.93 bits per heavy atom. The van der Waals surface area contributed by atoms with Gasteiger partial charge in [0.2, 0.25) is 5.95 Å². The summed E-state index contributed by atoms with van der Waals surface area (Å²) in [6.45, 7) is 7.02. The molecule has 3 rings (SSSR count). The van der Waals surface area contributed by atoms with Gasteiger partial charge >= 0.3 is 6.03 Å². The number of benzene rings is 1. The molecule has 2 amide bonds. The van der Waals surface area contributed by atoms with E-state index in [0.29, 0.717) is 12.2 Å². The van der Waals surface area contributed by atoms with Crippen LogP contribution in [0.5, 0.6) is 0 Å². The number of halogens is 1. The van der Waals surface area contributed by atoms with E-state index in [2.05, 4.69) is 30.4 Å². The van der Waals surface area contributed by atoms with Crippen molar-refractivity contribution in [3.05, 3.63) is 48.0 Å². The van der Waals surface area contributed by atoms with Crippen LogP contribution < -0.4 is 15.5 Å². The van der Waals surface area contributed by atoms with Crippen molar-refractivity contribution >= 4 is 17.7 Å². The van der Waals surface area contributed by atoms with Gasteiger partial charge in [0, 0.05) is 50.8 Å². The van der Waals surface area contributed by atoms with Crippen LogP contribution in [0, 0.1) is 12.7 Å². The number of nitrogens with zero attached hydrogens (tertiary/aromatic N) is 4. The fourth-order valence-corrected chi connectivity index (χ4v) is 3.03. The summed E-state index contributed by atoms with van der Waals surface area (Å²) in [5.74, 6) is 0.416. The first kappa shape index (κ1) is 19.0. The number of piperazine rings is 1. The molecule has 0 spiro atoms. The lowest BCUT2D eigenvalue weighted by atomic mass is 10.2. The van der Waals surface area contributed by atoms with E-state index in [1.54, 1.807) is 18.5 Å². The van der Waals surface area contributed by atoms with E-state index in [-0.39, 0.29) is 11.8 Å². The van der Waals surface area contributed by atoms with E-state index < -0.39 is 0 Å². The molecule has 2 aromatic rings. The third kappa shape index (κ3) is 5.62. The molecule has 144 valence electrons. The Labute approximate surface area is 158 Å². The van der Waals surface area contributed by atoms with E-state index in [9.17, 15) is 9.18 Å². The van der Waals surface area contributed by atoms with Crippen LogP contribution in [0.25, 0.3) is 0 Å². The predicted octanol–water partition coefficient (Wildman–Crippen LogP) is 2.26. The third-order valence-electron chi connectivity index (χ3n) is 4.59. The van der Waals surface area contributed by atoms with Crippen molar-refractivity contribution in [2.75, 3.05) is 49.5 Å². The average Bonchev–Trinajstić information content (AvgIpc) is 2.69. The first-order valence-corrected chi connectivity index (χ1v) is 9.17. The van der Waals surface area contributed by atoms with Gasteiger partial charge in [-0.15, -0.1) is 0 Å². The van der Waals surface area contributed by atoms with Crippen LogP contribution in [0.2, 0.25) is 0 Å². The second-order valence-electron chi connectivity index (χ2n) is 6.57. The van der Waals surface area contributed by atoms with Crippen molar-refractivity contribution in [3.63, 3.8) is 0 Å². The third-order valence-corrected chi connectivity index (χ3v) is 4.59. The molecule has 2 heterocycles. The zero-order valence-corrected chi connectivity index (χ0v) is 15.5. The van der Waals surface area contributed by atoms with Crippen molar-refractivity contribution in [1.82, 2.24) is 20.2 Å². The normalized spacial score (nSPS) is 14.8.